The molecular weight excluding hydrogens is 595 g/mol. The lowest BCUT2D eigenvalue weighted by atomic mass is 9.94. The number of hydrogen-bond acceptors (Lipinski definition) is 8. The minimum absolute atomic E-state index is 0.117. The van der Waals surface area contributed by atoms with E-state index in [0.717, 1.165) is 72.3 Å². The van der Waals surface area contributed by atoms with Gasteiger partial charge in [-0.05, 0) is 80.5 Å². The summed E-state index contributed by atoms with van der Waals surface area (Å²) in [5, 5.41) is 22.9. The van der Waals surface area contributed by atoms with Crippen molar-refractivity contribution in [3.63, 3.8) is 0 Å². The fourth-order valence-electron chi connectivity index (χ4n) is 9.06. The summed E-state index contributed by atoms with van der Waals surface area (Å²) in [4.78, 5) is 16.5. The minimum atomic E-state index is -1.59. The number of phenolic OH excluding ortho intramolecular Hbond substituents is 1. The largest absolute Gasteiger partial charge is 0.508 e. The Hall–Kier alpha value is -3.57. The second-order valence-corrected chi connectivity index (χ2v) is 14.0. The van der Waals surface area contributed by atoms with Crippen LogP contribution in [0.2, 0.25) is 0 Å². The lowest BCUT2D eigenvalue weighted by molar-refractivity contribution is 0.107. The number of halogens is 3. The second-order valence-electron chi connectivity index (χ2n) is 14.0. The van der Waals surface area contributed by atoms with Crippen LogP contribution in [0.3, 0.4) is 0 Å². The number of aliphatic hydroxyl groups is 1. The van der Waals surface area contributed by atoms with Crippen molar-refractivity contribution in [2.45, 2.75) is 70.1 Å². The molecule has 4 fully saturated rings. The molecule has 0 amide bonds. The number of anilines is 2. The Kier molecular flexibility index (Phi) is 7.32. The molecule has 4 atom stereocenters. The summed E-state index contributed by atoms with van der Waals surface area (Å²) in [7, 11) is 0. The summed E-state index contributed by atoms with van der Waals surface area (Å²) in [5.41, 5.74) is 2.92. The van der Waals surface area contributed by atoms with Gasteiger partial charge in [0.25, 0.3) is 6.08 Å². The Morgan fingerprint density at radius 2 is 1.96 bits per heavy atom. The molecule has 1 saturated carbocycles. The summed E-state index contributed by atoms with van der Waals surface area (Å²) < 4.78 is 48.6. The summed E-state index contributed by atoms with van der Waals surface area (Å²) >= 11 is 0. The highest BCUT2D eigenvalue weighted by molar-refractivity contribution is 5.98. The van der Waals surface area contributed by atoms with E-state index < -0.39 is 11.6 Å². The van der Waals surface area contributed by atoms with Gasteiger partial charge in [0.15, 0.2) is 0 Å². The maximum atomic E-state index is 15.0. The van der Waals surface area contributed by atoms with Gasteiger partial charge in [-0.25, -0.2) is 4.39 Å². The predicted octanol–water partition coefficient (Wildman–Crippen LogP) is 5.57. The second kappa shape index (κ2) is 11.3. The SMILES string of the molecule is CCc1c(F)ccc2cc(O)cc(N3CCc4c(nc(OCC56CCCN5CC(=C(F)F)C6)nc4N4C[C@@H]5C[C@H](C4)[C@H](O)C5)C3)c12. The zero-order valence-corrected chi connectivity index (χ0v) is 26.1. The Bertz CT molecular complexity index is 1730. The number of aromatic hydroxyl groups is 1. The first-order chi connectivity index (χ1) is 22.2. The van der Waals surface area contributed by atoms with Gasteiger partial charge in [-0.2, -0.15) is 18.7 Å². The lowest BCUT2D eigenvalue weighted by Gasteiger charge is -2.37. The molecule has 2 aromatic carbocycles. The van der Waals surface area contributed by atoms with E-state index in [4.69, 9.17) is 14.7 Å². The summed E-state index contributed by atoms with van der Waals surface area (Å²) in [6.07, 6.45) is 3.09. The average Bonchev–Trinajstić information content (AvgIpc) is 3.68. The molecule has 8 rings (SSSR count). The number of fused-ring (bicyclic) bond motifs is 5. The molecule has 11 heteroatoms. The number of rotatable bonds is 6. The molecule has 46 heavy (non-hydrogen) atoms. The molecule has 2 bridgehead atoms. The molecular formula is C35H40F3N5O3. The Labute approximate surface area is 266 Å². The highest BCUT2D eigenvalue weighted by Gasteiger charge is 2.48. The van der Waals surface area contributed by atoms with Gasteiger partial charge in [-0.1, -0.05) is 13.0 Å². The van der Waals surface area contributed by atoms with Gasteiger partial charge in [0.1, 0.15) is 24.0 Å². The fourth-order valence-corrected chi connectivity index (χ4v) is 9.06. The van der Waals surface area contributed by atoms with E-state index >= 15 is 0 Å². The maximum Gasteiger partial charge on any atom is 0.318 e. The number of ether oxygens (including phenoxy) is 1. The third kappa shape index (κ3) is 4.97. The zero-order valence-electron chi connectivity index (χ0n) is 26.1. The van der Waals surface area contributed by atoms with Crippen LogP contribution in [0.25, 0.3) is 10.8 Å². The number of nitrogens with zero attached hydrogens (tertiary/aromatic N) is 5. The molecule has 2 N–H and O–H groups in total. The zero-order chi connectivity index (χ0) is 31.7. The van der Waals surface area contributed by atoms with Crippen molar-refractivity contribution in [3.8, 4) is 11.8 Å². The topological polar surface area (TPSA) is 85.2 Å². The van der Waals surface area contributed by atoms with E-state index in [-0.39, 0.29) is 54.7 Å². The molecule has 5 heterocycles. The van der Waals surface area contributed by atoms with E-state index in [9.17, 15) is 23.4 Å². The third-order valence-electron chi connectivity index (χ3n) is 11.2. The smallest absolute Gasteiger partial charge is 0.318 e. The number of hydrogen-bond donors (Lipinski definition) is 2. The quantitative estimate of drug-likeness (QED) is 0.364. The van der Waals surface area contributed by atoms with Crippen LogP contribution < -0.4 is 14.5 Å². The van der Waals surface area contributed by atoms with Crippen LogP contribution in [0.5, 0.6) is 11.8 Å². The lowest BCUT2D eigenvalue weighted by Crippen LogP contribution is -2.44. The Balaban J connectivity index is 1.16. The van der Waals surface area contributed by atoms with Crippen LogP contribution in [-0.4, -0.2) is 76.1 Å². The van der Waals surface area contributed by atoms with Crippen LogP contribution in [0.4, 0.5) is 24.7 Å². The van der Waals surface area contributed by atoms with Gasteiger partial charge in [0.05, 0.1) is 23.9 Å². The molecule has 244 valence electrons. The highest BCUT2D eigenvalue weighted by Crippen LogP contribution is 2.44. The first kappa shape index (κ1) is 29.8. The first-order valence-electron chi connectivity index (χ1n) is 16.6. The van der Waals surface area contributed by atoms with Crippen LogP contribution >= 0.6 is 0 Å². The molecule has 5 aliphatic rings. The number of aromatic nitrogens is 2. The summed E-state index contributed by atoms with van der Waals surface area (Å²) in [6, 6.07) is 6.77. The van der Waals surface area contributed by atoms with Crippen molar-refractivity contribution in [3.05, 3.63) is 58.6 Å². The van der Waals surface area contributed by atoms with E-state index in [1.54, 1.807) is 18.2 Å². The van der Waals surface area contributed by atoms with E-state index in [1.807, 2.05) is 6.92 Å². The van der Waals surface area contributed by atoms with Crippen LogP contribution in [0, 0.1) is 17.7 Å². The van der Waals surface area contributed by atoms with Gasteiger partial charge >= 0.3 is 6.01 Å². The molecule has 1 unspecified atom stereocenters. The van der Waals surface area contributed by atoms with Crippen LogP contribution in [-0.2, 0) is 19.4 Å². The molecule has 0 spiro atoms. The third-order valence-corrected chi connectivity index (χ3v) is 11.2. The van der Waals surface area contributed by atoms with Gasteiger partial charge < -0.3 is 24.7 Å². The average molecular weight is 636 g/mol. The van der Waals surface area contributed by atoms with Crippen molar-refractivity contribution < 1.29 is 28.1 Å². The Morgan fingerprint density at radius 1 is 1.09 bits per heavy atom. The van der Waals surface area contributed by atoms with Crippen molar-refractivity contribution in [2.75, 3.05) is 49.1 Å². The first-order valence-corrected chi connectivity index (χ1v) is 16.6. The number of benzene rings is 2. The minimum Gasteiger partial charge on any atom is -0.508 e. The highest BCUT2D eigenvalue weighted by atomic mass is 19.3. The van der Waals surface area contributed by atoms with Crippen molar-refractivity contribution in [1.82, 2.24) is 14.9 Å². The van der Waals surface area contributed by atoms with Crippen LogP contribution in [0.1, 0.15) is 55.8 Å². The van der Waals surface area contributed by atoms with Crippen molar-refractivity contribution >= 4 is 22.3 Å². The molecule has 4 aliphatic heterocycles. The number of phenols is 1. The van der Waals surface area contributed by atoms with Gasteiger partial charge in [0.2, 0.25) is 0 Å². The van der Waals surface area contributed by atoms with E-state index in [0.29, 0.717) is 44.0 Å². The normalized spacial score (nSPS) is 27.4. The molecule has 3 aromatic rings. The van der Waals surface area contributed by atoms with Gasteiger partial charge in [-0.15, -0.1) is 0 Å². The van der Waals surface area contributed by atoms with Gasteiger partial charge in [0, 0.05) is 60.4 Å². The molecule has 8 nitrogen and oxygen atoms in total. The number of piperidine rings is 1. The molecule has 1 aromatic heterocycles. The fraction of sp³-hybridized carbons (Fsp3) is 0.543. The maximum absolute atomic E-state index is 15.0. The summed E-state index contributed by atoms with van der Waals surface area (Å²) in [5.74, 6) is 1.27. The monoisotopic (exact) mass is 635 g/mol. The van der Waals surface area contributed by atoms with E-state index in [1.165, 1.54) is 6.07 Å². The molecule has 1 aliphatic carbocycles. The van der Waals surface area contributed by atoms with Crippen molar-refractivity contribution in [2.24, 2.45) is 11.8 Å². The molecule has 3 saturated heterocycles. The van der Waals surface area contributed by atoms with Gasteiger partial charge in [-0.3, -0.25) is 4.90 Å². The Morgan fingerprint density at radius 3 is 2.76 bits per heavy atom. The van der Waals surface area contributed by atoms with E-state index in [2.05, 4.69) is 14.7 Å². The molecule has 0 radical (unpaired) electrons. The van der Waals surface area contributed by atoms with Crippen LogP contribution in [0.15, 0.2) is 35.9 Å². The number of aliphatic hydroxyl groups excluding tert-OH is 1. The standard InChI is InChI=1S/C35H40F3N5O3/c1-2-25-27(36)5-4-21-12-24(44)13-29(31(21)25)41-9-6-26-28(18-41)39-34(40-33(26)42-15-20-10-22(16-42)30(45)11-20)46-19-35-7-3-8-43(35)17-23(14-35)32(37)38/h4-5,12-13,20,22,30,44-45H,2-3,6-11,14-19H2,1H3/t20-,22-,30-,35?/m1/s1. The summed E-state index contributed by atoms with van der Waals surface area (Å²) in [6.45, 7) is 5.76. The predicted molar refractivity (Wildman–Crippen MR) is 169 cm³/mol. The number of aryl methyl sites for hydroxylation is 1. The van der Waals surface area contributed by atoms with Crippen molar-refractivity contribution in [1.29, 1.82) is 0 Å².